The lowest BCUT2D eigenvalue weighted by Crippen LogP contribution is -2.26. The number of rotatable bonds is 7. The number of nitrogen functional groups attached to an aromatic ring is 1. The van der Waals surface area contributed by atoms with E-state index in [4.69, 9.17) is 23.1 Å². The van der Waals surface area contributed by atoms with Gasteiger partial charge in [-0.1, -0.05) is 17.7 Å². The van der Waals surface area contributed by atoms with Gasteiger partial charge in [0.25, 0.3) is 5.91 Å². The van der Waals surface area contributed by atoms with Crippen LogP contribution < -0.4 is 16.8 Å². The average molecular weight is 480 g/mol. The van der Waals surface area contributed by atoms with Crippen molar-refractivity contribution in [2.75, 3.05) is 5.73 Å². The van der Waals surface area contributed by atoms with E-state index < -0.39 is 5.91 Å². The first-order valence-electron chi connectivity index (χ1n) is 9.60. The molecular formula is C21H18ClN9OS. The molecule has 0 fully saturated rings. The molecule has 33 heavy (non-hydrogen) atoms. The normalized spacial score (nSPS) is 11.7. The van der Waals surface area contributed by atoms with Gasteiger partial charge in [-0.05, 0) is 41.8 Å². The minimum atomic E-state index is -0.469. The summed E-state index contributed by atoms with van der Waals surface area (Å²) >= 11 is 7.46. The number of thiophene rings is 1. The Morgan fingerprint density at radius 3 is 2.97 bits per heavy atom. The van der Waals surface area contributed by atoms with Crippen LogP contribution in [0, 0.1) is 0 Å². The maximum Gasteiger partial charge on any atom is 0.274 e. The number of H-pyrrole nitrogens is 1. The Hall–Kier alpha value is -4.09. The fraction of sp³-hybridized carbons (Fsp3) is 0.0476. The third-order valence-electron chi connectivity index (χ3n) is 4.27. The van der Waals surface area contributed by atoms with E-state index in [0.717, 1.165) is 5.56 Å². The van der Waals surface area contributed by atoms with Crippen molar-refractivity contribution in [3.63, 3.8) is 0 Å². The smallest absolute Gasteiger partial charge is 0.274 e. The number of carbonyl (C=O) groups excluding carboxylic acids is 1. The number of nitrogens with two attached hydrogens (primary N) is 2. The Balaban J connectivity index is 1.38. The van der Waals surface area contributed by atoms with E-state index in [9.17, 15) is 4.79 Å². The number of carbonyl (C=O) groups is 1. The van der Waals surface area contributed by atoms with Gasteiger partial charge in [0.15, 0.2) is 17.3 Å². The van der Waals surface area contributed by atoms with Gasteiger partial charge < -0.3 is 16.8 Å². The number of hydrogen-bond acceptors (Lipinski definition) is 8. The molecule has 0 unspecified atom stereocenters. The summed E-state index contributed by atoms with van der Waals surface area (Å²) in [4.78, 5) is 29.5. The Morgan fingerprint density at radius 1 is 1.30 bits per heavy atom. The fourth-order valence-electron chi connectivity index (χ4n) is 2.72. The summed E-state index contributed by atoms with van der Waals surface area (Å²) in [7, 11) is 0. The molecule has 166 valence electrons. The Kier molecular flexibility index (Phi) is 6.72. The first-order valence-corrected chi connectivity index (χ1v) is 10.9. The maximum absolute atomic E-state index is 12.6. The van der Waals surface area contributed by atoms with Crippen LogP contribution in [0.15, 0.2) is 58.4 Å². The number of amides is 1. The number of benzene rings is 1. The SMILES string of the molecule is NC(/C=C\c1n[nH]c(CNC(=O)c2nc(-c3ccsc3)cnc2N)n1)=Nc1cccc(Cl)c1. The molecule has 3 heterocycles. The van der Waals surface area contributed by atoms with Gasteiger partial charge in [0.1, 0.15) is 11.7 Å². The van der Waals surface area contributed by atoms with Gasteiger partial charge in [0, 0.05) is 16.0 Å². The first kappa shape index (κ1) is 22.1. The number of anilines is 1. The van der Waals surface area contributed by atoms with Crippen molar-refractivity contribution in [2.24, 2.45) is 10.7 Å². The van der Waals surface area contributed by atoms with E-state index in [2.05, 4.69) is 35.5 Å². The van der Waals surface area contributed by atoms with Crippen molar-refractivity contribution in [1.29, 1.82) is 0 Å². The molecule has 0 atom stereocenters. The maximum atomic E-state index is 12.6. The largest absolute Gasteiger partial charge is 0.384 e. The molecule has 0 bridgehead atoms. The minimum Gasteiger partial charge on any atom is -0.384 e. The molecule has 6 N–H and O–H groups in total. The molecule has 0 saturated heterocycles. The molecule has 4 rings (SSSR count). The van der Waals surface area contributed by atoms with Crippen LogP contribution in [0.25, 0.3) is 17.3 Å². The summed E-state index contributed by atoms with van der Waals surface area (Å²) in [5.41, 5.74) is 13.9. The van der Waals surface area contributed by atoms with Crippen LogP contribution >= 0.6 is 22.9 Å². The van der Waals surface area contributed by atoms with E-state index in [1.807, 2.05) is 16.8 Å². The van der Waals surface area contributed by atoms with E-state index in [1.165, 1.54) is 17.5 Å². The summed E-state index contributed by atoms with van der Waals surface area (Å²) < 4.78 is 0. The minimum absolute atomic E-state index is 0.0436. The van der Waals surface area contributed by atoms with Crippen LogP contribution in [0.2, 0.25) is 5.02 Å². The lowest BCUT2D eigenvalue weighted by atomic mass is 10.2. The summed E-state index contributed by atoms with van der Waals surface area (Å²) in [5, 5.41) is 13.9. The van der Waals surface area contributed by atoms with Crippen LogP contribution in [0.5, 0.6) is 0 Å². The standard InChI is InChI=1S/C21H18ClN9OS/c22-13-2-1-3-14(8-13)27-16(23)4-5-17-29-18(31-30-17)10-26-21(32)19-20(24)25-9-15(28-19)12-6-7-33-11-12/h1-9,11H,10H2,(H2,23,27)(H2,24,25)(H,26,32)(H,29,30,31)/b5-4-. The summed E-state index contributed by atoms with van der Waals surface area (Å²) in [6.07, 6.45) is 4.70. The van der Waals surface area contributed by atoms with Gasteiger partial charge in [-0.15, -0.1) is 0 Å². The Bertz CT molecular complexity index is 1330. The van der Waals surface area contributed by atoms with E-state index in [0.29, 0.717) is 28.1 Å². The zero-order valence-corrected chi connectivity index (χ0v) is 18.6. The topological polar surface area (TPSA) is 161 Å². The second kappa shape index (κ2) is 10.0. The molecule has 0 radical (unpaired) electrons. The summed E-state index contributed by atoms with van der Waals surface area (Å²) in [5.74, 6) is 0.651. The van der Waals surface area contributed by atoms with Crippen molar-refractivity contribution in [2.45, 2.75) is 6.54 Å². The fourth-order valence-corrected chi connectivity index (χ4v) is 3.55. The highest BCUT2D eigenvalue weighted by atomic mass is 35.5. The number of aromatic amines is 1. The molecule has 0 aliphatic heterocycles. The molecule has 1 aromatic carbocycles. The lowest BCUT2D eigenvalue weighted by molar-refractivity contribution is 0.0945. The van der Waals surface area contributed by atoms with Gasteiger partial charge in [-0.25, -0.2) is 19.9 Å². The predicted molar refractivity (Wildman–Crippen MR) is 129 cm³/mol. The second-order valence-corrected chi connectivity index (χ2v) is 7.89. The third-order valence-corrected chi connectivity index (χ3v) is 5.19. The van der Waals surface area contributed by atoms with Gasteiger partial charge >= 0.3 is 0 Å². The van der Waals surface area contributed by atoms with E-state index in [-0.39, 0.29) is 23.9 Å². The number of nitrogens with one attached hydrogen (secondary N) is 2. The van der Waals surface area contributed by atoms with Gasteiger partial charge in [0.2, 0.25) is 0 Å². The van der Waals surface area contributed by atoms with Gasteiger partial charge in [0.05, 0.1) is 24.1 Å². The molecule has 1 amide bonds. The van der Waals surface area contributed by atoms with Crippen molar-refractivity contribution >= 4 is 52.3 Å². The molecule has 3 aromatic heterocycles. The Labute approximate surface area is 197 Å². The molecule has 0 saturated carbocycles. The van der Waals surface area contributed by atoms with Crippen LogP contribution in [0.3, 0.4) is 0 Å². The van der Waals surface area contributed by atoms with Crippen LogP contribution in [-0.2, 0) is 6.54 Å². The van der Waals surface area contributed by atoms with Crippen molar-refractivity contribution in [3.8, 4) is 11.3 Å². The predicted octanol–water partition coefficient (Wildman–Crippen LogP) is 3.19. The monoisotopic (exact) mass is 479 g/mol. The first-order chi connectivity index (χ1) is 16.0. The van der Waals surface area contributed by atoms with Crippen molar-refractivity contribution < 1.29 is 4.79 Å². The molecular weight excluding hydrogens is 462 g/mol. The highest BCUT2D eigenvalue weighted by molar-refractivity contribution is 7.08. The number of hydrogen-bond donors (Lipinski definition) is 4. The highest BCUT2D eigenvalue weighted by Crippen LogP contribution is 2.21. The van der Waals surface area contributed by atoms with Crippen LogP contribution in [0.4, 0.5) is 11.5 Å². The molecule has 12 heteroatoms. The molecule has 0 aliphatic carbocycles. The van der Waals surface area contributed by atoms with Gasteiger partial charge in [-0.2, -0.15) is 16.4 Å². The quantitative estimate of drug-likeness (QED) is 0.233. The number of aromatic nitrogens is 5. The van der Waals surface area contributed by atoms with Crippen molar-refractivity contribution in [1.82, 2.24) is 30.5 Å². The van der Waals surface area contributed by atoms with Crippen molar-refractivity contribution in [3.05, 3.63) is 75.7 Å². The number of halogens is 1. The average Bonchev–Trinajstić information content (AvgIpc) is 3.49. The molecule has 0 spiro atoms. The number of nitrogens with zero attached hydrogens (tertiary/aromatic N) is 5. The van der Waals surface area contributed by atoms with Gasteiger partial charge in [-0.3, -0.25) is 9.89 Å². The molecule has 0 aliphatic rings. The summed E-state index contributed by atoms with van der Waals surface area (Å²) in [6, 6.07) is 8.91. The van der Waals surface area contributed by atoms with E-state index in [1.54, 1.807) is 36.4 Å². The van der Waals surface area contributed by atoms with Crippen LogP contribution in [-0.4, -0.2) is 36.9 Å². The molecule has 4 aromatic rings. The zero-order valence-electron chi connectivity index (χ0n) is 17.1. The van der Waals surface area contributed by atoms with E-state index >= 15 is 0 Å². The number of aliphatic imine (C=N–C) groups is 1. The zero-order chi connectivity index (χ0) is 23.2. The highest BCUT2D eigenvalue weighted by Gasteiger charge is 2.15. The lowest BCUT2D eigenvalue weighted by Gasteiger charge is -2.06. The number of amidine groups is 1. The third kappa shape index (κ3) is 5.79. The molecule has 10 nitrogen and oxygen atoms in total. The van der Waals surface area contributed by atoms with Crippen LogP contribution in [0.1, 0.15) is 22.1 Å². The second-order valence-electron chi connectivity index (χ2n) is 6.67. The summed E-state index contributed by atoms with van der Waals surface area (Å²) in [6.45, 7) is 0.0928. The Morgan fingerprint density at radius 2 is 2.18 bits per heavy atom.